The molecule has 0 saturated carbocycles. The van der Waals surface area contributed by atoms with E-state index in [1.807, 2.05) is 17.8 Å². The van der Waals surface area contributed by atoms with Crippen molar-refractivity contribution in [2.45, 2.75) is 6.42 Å². The third-order valence-electron chi connectivity index (χ3n) is 5.02. The van der Waals surface area contributed by atoms with Gasteiger partial charge in [-0.3, -0.25) is 20.1 Å². The number of nitrogens with zero attached hydrogens (tertiary/aromatic N) is 3. The molecule has 3 aliphatic rings. The molecule has 3 heterocycles. The monoisotopic (exact) mass is 333 g/mol. The number of benzene rings is 1. The Morgan fingerprint density at radius 3 is 2.72 bits per heavy atom. The van der Waals surface area contributed by atoms with E-state index in [0.717, 1.165) is 22.3 Å². The van der Waals surface area contributed by atoms with Crippen LogP contribution in [0.3, 0.4) is 0 Å². The molecule has 2 N–H and O–H groups in total. The molecule has 0 radical (unpaired) electrons. The fraction of sp³-hybridized carbons (Fsp3) is 0.158. The quantitative estimate of drug-likeness (QED) is 0.840. The zero-order chi connectivity index (χ0) is 17.3. The lowest BCUT2D eigenvalue weighted by molar-refractivity contribution is -0.0292. The maximum absolute atomic E-state index is 13.0. The van der Waals surface area contributed by atoms with E-state index >= 15 is 0 Å². The topological polar surface area (TPSA) is 78.1 Å². The molecule has 1 aliphatic carbocycles. The van der Waals surface area contributed by atoms with E-state index < -0.39 is 0 Å². The number of fused-ring (bicyclic) bond motifs is 1. The molecular weight excluding hydrogens is 318 g/mol. The Morgan fingerprint density at radius 1 is 1.20 bits per heavy atom. The second-order valence-corrected chi connectivity index (χ2v) is 6.48. The molecule has 0 amide bonds. The zero-order valence-electron chi connectivity index (χ0n) is 13.5. The number of allylic oxidation sites excluding steroid dienone is 2. The number of aromatic hydroxyl groups is 1. The first-order valence-electron chi connectivity index (χ1n) is 8.08. The molecule has 0 atom stereocenters. The molecule has 0 unspecified atom stereocenters. The van der Waals surface area contributed by atoms with Crippen molar-refractivity contribution >= 4 is 22.8 Å². The molecule has 124 valence electrons. The van der Waals surface area contributed by atoms with E-state index in [4.69, 9.17) is 0 Å². The number of phenols is 1. The van der Waals surface area contributed by atoms with E-state index in [9.17, 15) is 15.1 Å². The lowest BCUT2D eigenvalue weighted by Gasteiger charge is -2.31. The summed E-state index contributed by atoms with van der Waals surface area (Å²) in [6.45, 7) is 0.472. The van der Waals surface area contributed by atoms with Crippen molar-refractivity contribution in [3.8, 4) is 5.75 Å². The number of ketones is 1. The average molecular weight is 333 g/mol. The van der Waals surface area contributed by atoms with Gasteiger partial charge in [-0.1, -0.05) is 12.1 Å². The molecule has 0 saturated heterocycles. The number of carbonyl (C=O) groups excluding carboxylic acids is 1. The van der Waals surface area contributed by atoms with E-state index in [2.05, 4.69) is 4.99 Å². The second-order valence-electron chi connectivity index (χ2n) is 6.48. The SMILES string of the molecule is Cn1cc2c3c1C(=O)C1=NC=C(c4ccc(O)cc4)C1=C3N(O)CC2. The summed E-state index contributed by atoms with van der Waals surface area (Å²) in [6.07, 6.45) is 4.31. The van der Waals surface area contributed by atoms with Crippen LogP contribution in [-0.2, 0) is 13.5 Å². The van der Waals surface area contributed by atoms with E-state index in [0.29, 0.717) is 35.6 Å². The van der Waals surface area contributed by atoms with Gasteiger partial charge in [-0.05, 0) is 29.7 Å². The fourth-order valence-electron chi connectivity index (χ4n) is 3.91. The fourth-order valence-corrected chi connectivity index (χ4v) is 3.91. The highest BCUT2D eigenvalue weighted by Gasteiger charge is 2.42. The normalized spacial score (nSPS) is 18.2. The molecule has 25 heavy (non-hydrogen) atoms. The summed E-state index contributed by atoms with van der Waals surface area (Å²) in [7, 11) is 1.85. The number of aliphatic imine (C=N–C) groups is 1. The Kier molecular flexibility index (Phi) is 2.68. The van der Waals surface area contributed by atoms with E-state index in [-0.39, 0.29) is 11.5 Å². The first-order chi connectivity index (χ1) is 12.1. The Balaban J connectivity index is 1.80. The number of hydrogen-bond acceptors (Lipinski definition) is 5. The first kappa shape index (κ1) is 14.2. The van der Waals surface area contributed by atoms with Crippen LogP contribution in [0.2, 0.25) is 0 Å². The molecule has 6 heteroatoms. The highest BCUT2D eigenvalue weighted by Crippen LogP contribution is 2.44. The minimum atomic E-state index is -0.122. The smallest absolute Gasteiger partial charge is 0.229 e. The van der Waals surface area contributed by atoms with E-state index in [1.165, 1.54) is 5.06 Å². The van der Waals surface area contributed by atoms with Crippen LogP contribution in [0, 0.1) is 0 Å². The number of phenolic OH excluding ortho intramolecular Hbond substituents is 1. The number of hydroxylamine groups is 2. The standard InChI is InChI=1S/C19H15N3O3/c1-21-9-11-6-7-22(25)17-14(11)18(21)19(24)16-15(17)13(8-20-16)10-2-4-12(23)5-3-10/h2-5,8-9,23,25H,6-7H2,1H3. The highest BCUT2D eigenvalue weighted by atomic mass is 16.5. The van der Waals surface area contributed by atoms with Crippen molar-refractivity contribution < 1.29 is 15.1 Å². The van der Waals surface area contributed by atoms with Gasteiger partial charge in [-0.2, -0.15) is 0 Å². The summed E-state index contributed by atoms with van der Waals surface area (Å²) in [5, 5.41) is 21.3. The van der Waals surface area contributed by atoms with Gasteiger partial charge < -0.3 is 9.67 Å². The van der Waals surface area contributed by atoms with Crippen molar-refractivity contribution in [2.75, 3.05) is 6.54 Å². The van der Waals surface area contributed by atoms with Crippen LogP contribution in [0.5, 0.6) is 5.75 Å². The first-order valence-corrected chi connectivity index (χ1v) is 8.08. The largest absolute Gasteiger partial charge is 0.508 e. The maximum atomic E-state index is 13.0. The number of Topliss-reactive ketones (excluding diaryl/α,β-unsaturated/α-hetero) is 1. The zero-order valence-corrected chi connectivity index (χ0v) is 13.5. The van der Waals surface area contributed by atoms with Crippen molar-refractivity contribution in [1.29, 1.82) is 0 Å². The molecule has 2 aromatic rings. The van der Waals surface area contributed by atoms with Crippen molar-refractivity contribution in [3.05, 3.63) is 64.6 Å². The van der Waals surface area contributed by atoms with Crippen LogP contribution < -0.4 is 0 Å². The third-order valence-corrected chi connectivity index (χ3v) is 5.02. The molecule has 0 spiro atoms. The van der Waals surface area contributed by atoms with Crippen LogP contribution in [0.4, 0.5) is 0 Å². The molecular formula is C19H15N3O3. The minimum absolute atomic E-state index is 0.122. The van der Waals surface area contributed by atoms with Crippen molar-refractivity contribution in [3.63, 3.8) is 0 Å². The Hall–Kier alpha value is -3.12. The van der Waals surface area contributed by atoms with Crippen molar-refractivity contribution in [1.82, 2.24) is 9.63 Å². The lowest BCUT2D eigenvalue weighted by atomic mass is 9.83. The molecule has 2 aliphatic heterocycles. The van der Waals surface area contributed by atoms with Gasteiger partial charge in [-0.25, -0.2) is 0 Å². The summed E-state index contributed by atoms with van der Waals surface area (Å²) in [4.78, 5) is 17.4. The average Bonchev–Trinajstić information content (AvgIpc) is 3.17. The number of rotatable bonds is 1. The number of aryl methyl sites for hydroxylation is 1. The molecule has 1 aromatic heterocycles. The second kappa shape index (κ2) is 4.70. The highest BCUT2D eigenvalue weighted by molar-refractivity contribution is 6.58. The number of aromatic nitrogens is 1. The van der Waals surface area contributed by atoms with Gasteiger partial charge in [0.1, 0.15) is 17.2 Å². The number of hydrogen-bond donors (Lipinski definition) is 2. The predicted octanol–water partition coefficient (Wildman–Crippen LogP) is 2.38. The predicted molar refractivity (Wildman–Crippen MR) is 92.4 cm³/mol. The Morgan fingerprint density at radius 2 is 1.96 bits per heavy atom. The van der Waals surface area contributed by atoms with Gasteiger partial charge in [0.15, 0.2) is 0 Å². The van der Waals surface area contributed by atoms with Gasteiger partial charge in [0.25, 0.3) is 0 Å². The lowest BCUT2D eigenvalue weighted by Crippen LogP contribution is -2.34. The van der Waals surface area contributed by atoms with Gasteiger partial charge in [0.2, 0.25) is 5.78 Å². The van der Waals surface area contributed by atoms with Crippen LogP contribution in [0.25, 0.3) is 11.3 Å². The molecule has 0 fully saturated rings. The third kappa shape index (κ3) is 1.77. The Labute approximate surface area is 143 Å². The van der Waals surface area contributed by atoms with Crippen LogP contribution in [0.15, 0.2) is 47.2 Å². The van der Waals surface area contributed by atoms with Crippen LogP contribution in [0.1, 0.15) is 27.2 Å². The van der Waals surface area contributed by atoms with Gasteiger partial charge in [0, 0.05) is 42.7 Å². The number of carbonyl (C=O) groups is 1. The van der Waals surface area contributed by atoms with Gasteiger partial charge >= 0.3 is 0 Å². The molecule has 1 aromatic carbocycles. The summed E-state index contributed by atoms with van der Waals surface area (Å²) < 4.78 is 1.82. The summed E-state index contributed by atoms with van der Waals surface area (Å²) in [5.74, 6) is 0.0535. The maximum Gasteiger partial charge on any atom is 0.229 e. The molecule has 6 nitrogen and oxygen atoms in total. The van der Waals surface area contributed by atoms with Crippen LogP contribution >= 0.6 is 0 Å². The van der Waals surface area contributed by atoms with Crippen molar-refractivity contribution in [2.24, 2.45) is 12.0 Å². The summed E-state index contributed by atoms with van der Waals surface area (Å²) in [6, 6.07) is 6.76. The van der Waals surface area contributed by atoms with Gasteiger partial charge in [-0.15, -0.1) is 0 Å². The summed E-state index contributed by atoms with van der Waals surface area (Å²) in [5.41, 5.74) is 5.73. The Bertz CT molecular complexity index is 1040. The summed E-state index contributed by atoms with van der Waals surface area (Å²) >= 11 is 0. The molecule has 0 bridgehead atoms. The van der Waals surface area contributed by atoms with E-state index in [1.54, 1.807) is 30.5 Å². The minimum Gasteiger partial charge on any atom is -0.508 e. The van der Waals surface area contributed by atoms with Crippen LogP contribution in [-0.4, -0.2) is 38.0 Å². The molecule has 5 rings (SSSR count). The van der Waals surface area contributed by atoms with Gasteiger partial charge in [0.05, 0.1) is 5.70 Å².